The van der Waals surface area contributed by atoms with Gasteiger partial charge in [0.05, 0.1) is 12.8 Å². The van der Waals surface area contributed by atoms with Gasteiger partial charge in [-0.15, -0.1) is 11.8 Å². The van der Waals surface area contributed by atoms with Crippen LogP contribution in [0.2, 0.25) is 0 Å². The van der Waals surface area contributed by atoms with Crippen molar-refractivity contribution < 1.29 is 4.74 Å². The summed E-state index contributed by atoms with van der Waals surface area (Å²) in [5.74, 6) is 0.992. The Labute approximate surface area is 114 Å². The number of nitrogens with zero attached hydrogens (tertiary/aromatic N) is 1. The molecule has 0 radical (unpaired) electrons. The smallest absolute Gasteiger partial charge is 0.143 e. The van der Waals surface area contributed by atoms with Crippen molar-refractivity contribution in [1.29, 1.82) is 0 Å². The zero-order valence-corrected chi connectivity index (χ0v) is 12.4. The van der Waals surface area contributed by atoms with Crippen LogP contribution in [-0.4, -0.2) is 39.0 Å². The van der Waals surface area contributed by atoms with Gasteiger partial charge >= 0.3 is 0 Å². The Balaban J connectivity index is 2.40. The predicted octanol–water partition coefficient (Wildman–Crippen LogP) is 2.52. The van der Waals surface area contributed by atoms with E-state index in [9.17, 15) is 0 Å². The third-order valence-corrected chi connectivity index (χ3v) is 4.56. The number of thioether (sulfide) groups is 1. The SMILES string of the molecule is CNCCN1CC(C)Sc2c(C)ccc(OC)c21. The summed E-state index contributed by atoms with van der Waals surface area (Å²) < 4.78 is 5.54. The fourth-order valence-corrected chi connectivity index (χ4v) is 3.61. The van der Waals surface area contributed by atoms with Gasteiger partial charge in [0.15, 0.2) is 0 Å². The van der Waals surface area contributed by atoms with E-state index in [1.807, 2.05) is 18.8 Å². The highest BCUT2D eigenvalue weighted by Gasteiger charge is 2.26. The lowest BCUT2D eigenvalue weighted by Gasteiger charge is -2.36. The lowest BCUT2D eigenvalue weighted by Crippen LogP contribution is -2.38. The highest BCUT2D eigenvalue weighted by molar-refractivity contribution is 8.00. The van der Waals surface area contributed by atoms with Gasteiger partial charge in [-0.05, 0) is 25.6 Å². The second kappa shape index (κ2) is 5.85. The number of fused-ring (bicyclic) bond motifs is 1. The Morgan fingerprint density at radius 3 is 2.94 bits per heavy atom. The molecule has 1 aromatic carbocycles. The van der Waals surface area contributed by atoms with Gasteiger partial charge in [-0.1, -0.05) is 13.0 Å². The molecule has 0 saturated carbocycles. The number of ether oxygens (including phenoxy) is 1. The molecule has 2 rings (SSSR count). The number of methoxy groups -OCH3 is 1. The molecule has 1 atom stereocenters. The fourth-order valence-electron chi connectivity index (χ4n) is 2.36. The van der Waals surface area contributed by atoms with E-state index in [0.717, 1.165) is 25.4 Å². The molecule has 0 amide bonds. The molecule has 18 heavy (non-hydrogen) atoms. The molecule has 1 unspecified atom stereocenters. The summed E-state index contributed by atoms with van der Waals surface area (Å²) in [4.78, 5) is 3.82. The number of hydrogen-bond donors (Lipinski definition) is 1. The molecule has 0 aliphatic carbocycles. The first kappa shape index (κ1) is 13.6. The second-order valence-corrected chi connectivity index (χ2v) is 6.19. The van der Waals surface area contributed by atoms with Crippen LogP contribution >= 0.6 is 11.8 Å². The minimum absolute atomic E-state index is 0.625. The van der Waals surface area contributed by atoms with Crippen LogP contribution in [0.1, 0.15) is 12.5 Å². The van der Waals surface area contributed by atoms with Gasteiger partial charge in [-0.3, -0.25) is 0 Å². The van der Waals surface area contributed by atoms with Crippen LogP contribution in [0.3, 0.4) is 0 Å². The molecule has 1 aliphatic rings. The summed E-state index contributed by atoms with van der Waals surface area (Å²) in [6.45, 7) is 7.57. The molecule has 100 valence electrons. The van der Waals surface area contributed by atoms with Crippen molar-refractivity contribution in [3.05, 3.63) is 17.7 Å². The van der Waals surface area contributed by atoms with Gasteiger partial charge in [-0.2, -0.15) is 0 Å². The maximum absolute atomic E-state index is 5.54. The van der Waals surface area contributed by atoms with Crippen molar-refractivity contribution in [1.82, 2.24) is 5.32 Å². The van der Waals surface area contributed by atoms with Crippen molar-refractivity contribution in [2.24, 2.45) is 0 Å². The van der Waals surface area contributed by atoms with Crippen molar-refractivity contribution in [3.63, 3.8) is 0 Å². The molecular weight excluding hydrogens is 244 g/mol. The van der Waals surface area contributed by atoms with Crippen LogP contribution in [0.25, 0.3) is 0 Å². The minimum atomic E-state index is 0.625. The average Bonchev–Trinajstić information content (AvgIpc) is 2.37. The molecule has 0 fully saturated rings. The summed E-state index contributed by atoms with van der Waals surface area (Å²) >= 11 is 1.96. The van der Waals surface area contributed by atoms with Crippen LogP contribution < -0.4 is 15.0 Å². The Morgan fingerprint density at radius 1 is 1.50 bits per heavy atom. The summed E-state index contributed by atoms with van der Waals surface area (Å²) in [5.41, 5.74) is 2.62. The van der Waals surface area contributed by atoms with Gasteiger partial charge in [0.25, 0.3) is 0 Å². The van der Waals surface area contributed by atoms with Crippen molar-refractivity contribution in [2.75, 3.05) is 38.7 Å². The predicted molar refractivity (Wildman–Crippen MR) is 79.2 cm³/mol. The zero-order valence-electron chi connectivity index (χ0n) is 11.6. The Hall–Kier alpha value is -0.870. The van der Waals surface area contributed by atoms with Gasteiger partial charge in [-0.25, -0.2) is 0 Å². The highest BCUT2D eigenvalue weighted by atomic mass is 32.2. The molecule has 3 nitrogen and oxygen atoms in total. The fraction of sp³-hybridized carbons (Fsp3) is 0.571. The summed E-state index contributed by atoms with van der Waals surface area (Å²) in [6.07, 6.45) is 0. The molecule has 1 aliphatic heterocycles. The summed E-state index contributed by atoms with van der Waals surface area (Å²) in [6, 6.07) is 4.23. The Kier molecular flexibility index (Phi) is 4.40. The van der Waals surface area contributed by atoms with Crippen molar-refractivity contribution >= 4 is 17.4 Å². The van der Waals surface area contributed by atoms with E-state index in [2.05, 4.69) is 36.2 Å². The largest absolute Gasteiger partial charge is 0.495 e. The first-order chi connectivity index (χ1) is 8.67. The first-order valence-electron chi connectivity index (χ1n) is 6.41. The molecule has 0 spiro atoms. The second-order valence-electron chi connectivity index (χ2n) is 4.74. The molecule has 0 saturated heterocycles. The number of benzene rings is 1. The highest BCUT2D eigenvalue weighted by Crippen LogP contribution is 2.45. The zero-order chi connectivity index (χ0) is 13.1. The quantitative estimate of drug-likeness (QED) is 0.905. The monoisotopic (exact) mass is 266 g/mol. The summed E-state index contributed by atoms with van der Waals surface area (Å²) in [7, 11) is 3.75. The standard InChI is InChI=1S/C14H22N2OS/c1-10-5-6-12(17-4)13-14(10)18-11(2)9-16(13)8-7-15-3/h5-6,11,15H,7-9H2,1-4H3. The van der Waals surface area contributed by atoms with E-state index in [0.29, 0.717) is 5.25 Å². The molecular formula is C14H22N2OS. The molecule has 1 heterocycles. The van der Waals surface area contributed by atoms with Gasteiger partial charge in [0.1, 0.15) is 5.75 Å². The number of rotatable bonds is 4. The van der Waals surface area contributed by atoms with Gasteiger partial charge < -0.3 is 15.0 Å². The molecule has 0 aromatic heterocycles. The Bertz CT molecular complexity index is 423. The number of nitrogens with one attached hydrogen (secondary N) is 1. The minimum Gasteiger partial charge on any atom is -0.495 e. The number of anilines is 1. The molecule has 4 heteroatoms. The van der Waals surface area contributed by atoms with E-state index in [4.69, 9.17) is 4.74 Å². The molecule has 0 bridgehead atoms. The molecule has 1 aromatic rings. The van der Waals surface area contributed by atoms with E-state index in [1.165, 1.54) is 16.1 Å². The topological polar surface area (TPSA) is 24.5 Å². The third-order valence-electron chi connectivity index (χ3n) is 3.26. The number of likely N-dealkylation sites (N-methyl/N-ethyl adjacent to an activating group) is 1. The lowest BCUT2D eigenvalue weighted by molar-refractivity contribution is 0.412. The van der Waals surface area contributed by atoms with Crippen LogP contribution in [0.15, 0.2) is 17.0 Å². The van der Waals surface area contributed by atoms with Crippen molar-refractivity contribution in [3.8, 4) is 5.75 Å². The van der Waals surface area contributed by atoms with Crippen LogP contribution in [-0.2, 0) is 0 Å². The van der Waals surface area contributed by atoms with E-state index in [-0.39, 0.29) is 0 Å². The van der Waals surface area contributed by atoms with Gasteiger partial charge in [0.2, 0.25) is 0 Å². The maximum Gasteiger partial charge on any atom is 0.143 e. The van der Waals surface area contributed by atoms with Gasteiger partial charge in [0, 0.05) is 29.8 Å². The Morgan fingerprint density at radius 2 is 2.28 bits per heavy atom. The van der Waals surface area contributed by atoms with Crippen molar-refractivity contribution in [2.45, 2.75) is 24.0 Å². The number of aryl methyl sites for hydroxylation is 1. The lowest BCUT2D eigenvalue weighted by atomic mass is 10.1. The van der Waals surface area contributed by atoms with E-state index >= 15 is 0 Å². The normalized spacial score (nSPS) is 18.7. The van der Waals surface area contributed by atoms with Crippen LogP contribution in [0.4, 0.5) is 5.69 Å². The third kappa shape index (κ3) is 2.59. The van der Waals surface area contributed by atoms with E-state index in [1.54, 1.807) is 7.11 Å². The summed E-state index contributed by atoms with van der Waals surface area (Å²) in [5, 5.41) is 3.85. The van der Waals surface area contributed by atoms with Crippen LogP contribution in [0.5, 0.6) is 5.75 Å². The first-order valence-corrected chi connectivity index (χ1v) is 7.29. The average molecular weight is 266 g/mol. The van der Waals surface area contributed by atoms with E-state index < -0.39 is 0 Å². The maximum atomic E-state index is 5.54. The number of hydrogen-bond acceptors (Lipinski definition) is 4. The molecule has 1 N–H and O–H groups in total. The van der Waals surface area contributed by atoms with Crippen LogP contribution in [0, 0.1) is 6.92 Å².